The Bertz CT molecular complexity index is 533. The Morgan fingerprint density at radius 2 is 2.28 bits per heavy atom. The molecule has 0 radical (unpaired) electrons. The molecular formula is C11H10N2O5. The van der Waals surface area contributed by atoms with E-state index in [0.29, 0.717) is 0 Å². The zero-order valence-electron chi connectivity index (χ0n) is 9.54. The molecule has 1 rings (SSSR count). The van der Waals surface area contributed by atoms with Crippen LogP contribution < -0.4 is 0 Å². The highest BCUT2D eigenvalue weighted by Gasteiger charge is 2.18. The summed E-state index contributed by atoms with van der Waals surface area (Å²) in [5, 5.41) is 29.0. The minimum atomic E-state index is -0.699. The first-order valence-electron chi connectivity index (χ1n) is 5.05. The molecule has 1 aromatic carbocycles. The third-order valence-electron chi connectivity index (χ3n) is 2.15. The summed E-state index contributed by atoms with van der Waals surface area (Å²) in [7, 11) is 0. The summed E-state index contributed by atoms with van der Waals surface area (Å²) in [5.41, 5.74) is -0.605. The Hall–Kier alpha value is -2.62. The Morgan fingerprint density at radius 1 is 1.61 bits per heavy atom. The third-order valence-corrected chi connectivity index (χ3v) is 2.15. The van der Waals surface area contributed by atoms with Crippen molar-refractivity contribution in [3.8, 4) is 11.8 Å². The number of non-ortho nitro benzene ring substituents is 1. The van der Waals surface area contributed by atoms with Crippen LogP contribution in [0.5, 0.6) is 5.75 Å². The lowest BCUT2D eigenvalue weighted by Crippen LogP contribution is -2.08. The number of nitrogens with zero attached hydrogens (tertiary/aromatic N) is 2. The van der Waals surface area contributed by atoms with Gasteiger partial charge in [0, 0.05) is 17.7 Å². The van der Waals surface area contributed by atoms with Crippen molar-refractivity contribution >= 4 is 11.7 Å². The molecule has 0 atom stereocenters. The van der Waals surface area contributed by atoms with Gasteiger partial charge in [0.05, 0.1) is 18.0 Å². The Balaban J connectivity index is 3.18. The van der Waals surface area contributed by atoms with Gasteiger partial charge in [-0.2, -0.15) is 5.26 Å². The second kappa shape index (κ2) is 5.63. The van der Waals surface area contributed by atoms with Crippen LogP contribution in [0.3, 0.4) is 0 Å². The number of hydrogen-bond acceptors (Lipinski definition) is 6. The summed E-state index contributed by atoms with van der Waals surface area (Å²) in [5.74, 6) is -1.06. The van der Waals surface area contributed by atoms with Gasteiger partial charge in [-0.25, -0.2) is 0 Å². The van der Waals surface area contributed by atoms with E-state index in [4.69, 9.17) is 5.26 Å². The Morgan fingerprint density at radius 3 is 2.78 bits per heavy atom. The average Bonchev–Trinajstić information content (AvgIpc) is 2.31. The first-order valence-corrected chi connectivity index (χ1v) is 5.05. The van der Waals surface area contributed by atoms with E-state index in [1.807, 2.05) is 0 Å². The van der Waals surface area contributed by atoms with E-state index in [2.05, 4.69) is 4.74 Å². The molecule has 0 amide bonds. The number of benzene rings is 1. The van der Waals surface area contributed by atoms with Gasteiger partial charge in [0.15, 0.2) is 0 Å². The standard InChI is InChI=1S/C11H10N2O5/c1-2-18-10(14)5-7-3-9(13(16)17)4-8(6-12)11(7)15/h3-4,15H,2,5H2,1H3. The maximum absolute atomic E-state index is 11.3. The Labute approximate surface area is 102 Å². The molecule has 7 nitrogen and oxygen atoms in total. The number of nitro benzene ring substituents is 1. The predicted octanol–water partition coefficient (Wildman–Crippen LogP) is 1.28. The highest BCUT2D eigenvalue weighted by atomic mass is 16.6. The number of rotatable bonds is 4. The van der Waals surface area contributed by atoms with E-state index >= 15 is 0 Å². The molecule has 0 bridgehead atoms. The van der Waals surface area contributed by atoms with Crippen LogP contribution >= 0.6 is 0 Å². The van der Waals surface area contributed by atoms with Gasteiger partial charge in [0.25, 0.3) is 5.69 Å². The quantitative estimate of drug-likeness (QED) is 0.489. The molecule has 0 aliphatic carbocycles. The van der Waals surface area contributed by atoms with Crippen LogP contribution in [-0.2, 0) is 16.0 Å². The fourth-order valence-electron chi connectivity index (χ4n) is 1.37. The van der Waals surface area contributed by atoms with Crippen LogP contribution in [0.1, 0.15) is 18.1 Å². The topological polar surface area (TPSA) is 113 Å². The minimum Gasteiger partial charge on any atom is -0.506 e. The van der Waals surface area contributed by atoms with E-state index < -0.39 is 16.6 Å². The second-order valence-corrected chi connectivity index (χ2v) is 3.35. The number of nitriles is 1. The first kappa shape index (κ1) is 13.4. The summed E-state index contributed by atoms with van der Waals surface area (Å²) in [4.78, 5) is 21.2. The lowest BCUT2D eigenvalue weighted by Gasteiger charge is -2.06. The van der Waals surface area contributed by atoms with Crippen LogP contribution in [-0.4, -0.2) is 22.6 Å². The maximum atomic E-state index is 11.3. The molecule has 0 saturated carbocycles. The largest absolute Gasteiger partial charge is 0.506 e. The maximum Gasteiger partial charge on any atom is 0.310 e. The van der Waals surface area contributed by atoms with E-state index in [0.717, 1.165) is 12.1 Å². The van der Waals surface area contributed by atoms with Crippen molar-refractivity contribution < 1.29 is 19.6 Å². The highest BCUT2D eigenvalue weighted by Crippen LogP contribution is 2.28. The van der Waals surface area contributed by atoms with Crippen molar-refractivity contribution in [2.75, 3.05) is 6.61 Å². The molecule has 1 aromatic rings. The predicted molar refractivity (Wildman–Crippen MR) is 59.8 cm³/mol. The normalized spacial score (nSPS) is 9.56. The van der Waals surface area contributed by atoms with Crippen LogP contribution in [0.15, 0.2) is 12.1 Å². The zero-order chi connectivity index (χ0) is 13.7. The van der Waals surface area contributed by atoms with Crippen molar-refractivity contribution in [1.29, 1.82) is 5.26 Å². The van der Waals surface area contributed by atoms with Gasteiger partial charge in [0.1, 0.15) is 17.4 Å². The Kier molecular flexibility index (Phi) is 4.21. The molecule has 7 heteroatoms. The van der Waals surface area contributed by atoms with Crippen LogP contribution in [0.2, 0.25) is 0 Å². The number of carbonyl (C=O) groups is 1. The molecule has 0 fully saturated rings. The number of hydrogen-bond donors (Lipinski definition) is 1. The molecule has 1 N–H and O–H groups in total. The number of phenolic OH excluding ortho intramolecular Hbond substituents is 1. The number of carbonyl (C=O) groups excluding carboxylic acids is 1. The van der Waals surface area contributed by atoms with Gasteiger partial charge < -0.3 is 9.84 Å². The minimum absolute atomic E-state index is 0.000741. The molecule has 0 aliphatic heterocycles. The van der Waals surface area contributed by atoms with Crippen molar-refractivity contribution in [1.82, 2.24) is 0 Å². The fraction of sp³-hybridized carbons (Fsp3) is 0.273. The summed E-state index contributed by atoms with van der Waals surface area (Å²) >= 11 is 0. The number of nitro groups is 1. The van der Waals surface area contributed by atoms with Crippen LogP contribution in [0, 0.1) is 21.4 Å². The molecule has 0 heterocycles. The van der Waals surface area contributed by atoms with Gasteiger partial charge >= 0.3 is 5.97 Å². The van der Waals surface area contributed by atoms with E-state index in [1.165, 1.54) is 0 Å². The van der Waals surface area contributed by atoms with Gasteiger partial charge in [-0.1, -0.05) is 0 Å². The molecule has 0 saturated heterocycles. The van der Waals surface area contributed by atoms with Gasteiger partial charge in [-0.05, 0) is 6.92 Å². The highest BCUT2D eigenvalue weighted by molar-refractivity contribution is 5.74. The number of phenols is 1. The van der Waals surface area contributed by atoms with Crippen molar-refractivity contribution in [3.05, 3.63) is 33.4 Å². The van der Waals surface area contributed by atoms with Crippen LogP contribution in [0.25, 0.3) is 0 Å². The smallest absolute Gasteiger partial charge is 0.310 e. The SMILES string of the molecule is CCOC(=O)Cc1cc([N+](=O)[O-])cc(C#N)c1O. The first-order chi connectivity index (χ1) is 8.49. The lowest BCUT2D eigenvalue weighted by molar-refractivity contribution is -0.385. The molecule has 94 valence electrons. The van der Waals surface area contributed by atoms with Crippen molar-refractivity contribution in [3.63, 3.8) is 0 Å². The van der Waals surface area contributed by atoms with Crippen molar-refractivity contribution in [2.45, 2.75) is 13.3 Å². The van der Waals surface area contributed by atoms with Gasteiger partial charge in [-0.3, -0.25) is 14.9 Å². The van der Waals surface area contributed by atoms with E-state index in [-0.39, 0.29) is 29.8 Å². The summed E-state index contributed by atoms with van der Waals surface area (Å²) in [6, 6.07) is 3.63. The zero-order valence-corrected chi connectivity index (χ0v) is 9.54. The molecule has 18 heavy (non-hydrogen) atoms. The number of aromatic hydroxyl groups is 1. The summed E-state index contributed by atoms with van der Waals surface area (Å²) in [6.45, 7) is 1.78. The van der Waals surface area contributed by atoms with E-state index in [1.54, 1.807) is 13.0 Å². The fourth-order valence-corrected chi connectivity index (χ4v) is 1.37. The van der Waals surface area contributed by atoms with Gasteiger partial charge in [-0.15, -0.1) is 0 Å². The van der Waals surface area contributed by atoms with Crippen molar-refractivity contribution in [2.24, 2.45) is 0 Å². The molecule has 0 aliphatic rings. The average molecular weight is 250 g/mol. The van der Waals surface area contributed by atoms with Crippen LogP contribution in [0.4, 0.5) is 5.69 Å². The summed E-state index contributed by atoms with van der Waals surface area (Å²) < 4.78 is 4.67. The molecular weight excluding hydrogens is 240 g/mol. The number of ether oxygens (including phenoxy) is 1. The third kappa shape index (κ3) is 2.95. The lowest BCUT2D eigenvalue weighted by atomic mass is 10.1. The molecule has 0 aromatic heterocycles. The second-order valence-electron chi connectivity index (χ2n) is 3.35. The van der Waals surface area contributed by atoms with Gasteiger partial charge in [0.2, 0.25) is 0 Å². The monoisotopic (exact) mass is 250 g/mol. The summed E-state index contributed by atoms with van der Waals surface area (Å²) in [6.07, 6.45) is -0.323. The van der Waals surface area contributed by atoms with E-state index in [9.17, 15) is 20.0 Å². The molecule has 0 unspecified atom stereocenters. The molecule has 0 spiro atoms. The number of esters is 1.